The number of nitro groups is 1. The van der Waals surface area contributed by atoms with Crippen LogP contribution in [0.15, 0.2) is 42.5 Å². The number of nitrogens with zero attached hydrogens (tertiary/aromatic N) is 1. The lowest BCUT2D eigenvalue weighted by Gasteiger charge is -2.14. The number of alkyl halides is 3. The Bertz CT molecular complexity index is 812. The van der Waals surface area contributed by atoms with Crippen molar-refractivity contribution in [2.75, 3.05) is 17.2 Å². The molecular weight excluding hydrogens is 363 g/mol. The Morgan fingerprint density at radius 2 is 1.80 bits per heavy atom. The second-order valence-corrected chi connectivity index (χ2v) is 5.30. The van der Waals surface area contributed by atoms with Crippen molar-refractivity contribution < 1.29 is 22.9 Å². The number of nitrogens with one attached hydrogen (secondary N) is 2. The first-order valence-electron chi connectivity index (χ1n) is 6.82. The molecule has 132 valence electrons. The van der Waals surface area contributed by atoms with Crippen LogP contribution < -0.4 is 10.6 Å². The summed E-state index contributed by atoms with van der Waals surface area (Å²) < 4.78 is 37.0. The van der Waals surface area contributed by atoms with Gasteiger partial charge in [0.1, 0.15) is 6.54 Å². The van der Waals surface area contributed by atoms with Crippen LogP contribution in [0.3, 0.4) is 0 Å². The van der Waals surface area contributed by atoms with Crippen molar-refractivity contribution in [2.24, 2.45) is 0 Å². The van der Waals surface area contributed by atoms with Crippen molar-refractivity contribution in [3.63, 3.8) is 0 Å². The lowest BCUT2D eigenvalue weighted by atomic mass is 10.1. The highest BCUT2D eigenvalue weighted by molar-refractivity contribution is 6.34. The van der Waals surface area contributed by atoms with Gasteiger partial charge in [0, 0.05) is 12.1 Å². The predicted molar refractivity (Wildman–Crippen MR) is 87.0 cm³/mol. The van der Waals surface area contributed by atoms with E-state index in [4.69, 9.17) is 11.6 Å². The SMILES string of the molecule is O=C(Nc1ccccc1NCC(F)(F)F)c1ccc([N+](=O)[O-])cc1Cl. The smallest absolute Gasteiger partial charge is 0.375 e. The number of non-ortho nitro benzene ring substituents is 1. The molecule has 0 unspecified atom stereocenters. The molecule has 0 saturated carbocycles. The highest BCUT2D eigenvalue weighted by Crippen LogP contribution is 2.27. The third-order valence-corrected chi connectivity index (χ3v) is 3.38. The van der Waals surface area contributed by atoms with Crippen molar-refractivity contribution in [3.05, 3.63) is 63.2 Å². The van der Waals surface area contributed by atoms with Crippen LogP contribution in [0.2, 0.25) is 5.02 Å². The summed E-state index contributed by atoms with van der Waals surface area (Å²) in [5.74, 6) is -0.707. The molecule has 10 heteroatoms. The molecule has 0 aliphatic carbocycles. The maximum Gasteiger partial charge on any atom is 0.405 e. The van der Waals surface area contributed by atoms with E-state index >= 15 is 0 Å². The molecule has 2 N–H and O–H groups in total. The number of hydrogen-bond acceptors (Lipinski definition) is 4. The third-order valence-electron chi connectivity index (χ3n) is 3.06. The van der Waals surface area contributed by atoms with E-state index in [2.05, 4.69) is 10.6 Å². The number of para-hydroxylation sites is 2. The third kappa shape index (κ3) is 5.08. The molecule has 0 fully saturated rings. The van der Waals surface area contributed by atoms with Crippen LogP contribution in [0.5, 0.6) is 0 Å². The lowest BCUT2D eigenvalue weighted by Crippen LogP contribution is -2.22. The normalized spacial score (nSPS) is 11.0. The molecule has 0 atom stereocenters. The highest BCUT2D eigenvalue weighted by atomic mass is 35.5. The zero-order valence-electron chi connectivity index (χ0n) is 12.4. The molecule has 0 radical (unpaired) electrons. The molecule has 0 heterocycles. The zero-order chi connectivity index (χ0) is 18.6. The fourth-order valence-electron chi connectivity index (χ4n) is 1.93. The Kier molecular flexibility index (Phi) is 5.48. The van der Waals surface area contributed by atoms with Gasteiger partial charge in [-0.1, -0.05) is 23.7 Å². The summed E-state index contributed by atoms with van der Waals surface area (Å²) in [7, 11) is 0. The molecule has 6 nitrogen and oxygen atoms in total. The van der Waals surface area contributed by atoms with Crippen LogP contribution in [0.4, 0.5) is 30.2 Å². The molecule has 0 aliphatic rings. The molecule has 25 heavy (non-hydrogen) atoms. The maximum atomic E-state index is 12.3. The Hall–Kier alpha value is -2.81. The fourth-order valence-corrected chi connectivity index (χ4v) is 2.19. The van der Waals surface area contributed by atoms with Gasteiger partial charge in [0.2, 0.25) is 0 Å². The van der Waals surface area contributed by atoms with E-state index in [1.54, 1.807) is 0 Å². The number of carbonyl (C=O) groups excluding carboxylic acids is 1. The number of carbonyl (C=O) groups is 1. The van der Waals surface area contributed by atoms with Gasteiger partial charge in [0.05, 0.1) is 26.9 Å². The van der Waals surface area contributed by atoms with Gasteiger partial charge < -0.3 is 10.6 Å². The van der Waals surface area contributed by atoms with Crippen LogP contribution in [0, 0.1) is 10.1 Å². The quantitative estimate of drug-likeness (QED) is 0.598. The van der Waals surface area contributed by atoms with Gasteiger partial charge in [-0.05, 0) is 18.2 Å². The zero-order valence-corrected chi connectivity index (χ0v) is 13.2. The number of hydrogen-bond donors (Lipinski definition) is 2. The fraction of sp³-hybridized carbons (Fsp3) is 0.133. The molecule has 0 spiro atoms. The second kappa shape index (κ2) is 7.39. The molecule has 2 aromatic rings. The minimum absolute atomic E-state index is 0.0436. The number of nitro benzene ring substituents is 1. The number of rotatable bonds is 5. The average Bonchev–Trinajstić information content (AvgIpc) is 2.53. The maximum absolute atomic E-state index is 12.3. The first kappa shape index (κ1) is 18.5. The largest absolute Gasteiger partial charge is 0.405 e. The van der Waals surface area contributed by atoms with Gasteiger partial charge in [-0.3, -0.25) is 14.9 Å². The molecule has 1 amide bonds. The van der Waals surface area contributed by atoms with E-state index in [1.807, 2.05) is 0 Å². The van der Waals surface area contributed by atoms with Gasteiger partial charge in [-0.2, -0.15) is 13.2 Å². The van der Waals surface area contributed by atoms with E-state index in [9.17, 15) is 28.1 Å². The van der Waals surface area contributed by atoms with E-state index in [0.717, 1.165) is 12.1 Å². The van der Waals surface area contributed by atoms with Crippen molar-refractivity contribution in [1.82, 2.24) is 0 Å². The van der Waals surface area contributed by atoms with Gasteiger partial charge in [-0.25, -0.2) is 0 Å². The van der Waals surface area contributed by atoms with E-state index in [-0.39, 0.29) is 27.6 Å². The summed E-state index contributed by atoms with van der Waals surface area (Å²) in [6, 6.07) is 9.12. The highest BCUT2D eigenvalue weighted by Gasteiger charge is 2.27. The van der Waals surface area contributed by atoms with E-state index < -0.39 is 23.6 Å². The molecule has 0 saturated heterocycles. The minimum Gasteiger partial charge on any atom is -0.375 e. The van der Waals surface area contributed by atoms with Crippen LogP contribution >= 0.6 is 11.6 Å². The number of amides is 1. The van der Waals surface area contributed by atoms with Crippen LogP contribution in [0.1, 0.15) is 10.4 Å². The van der Waals surface area contributed by atoms with E-state index in [0.29, 0.717) is 0 Å². The molecule has 0 aromatic heterocycles. The van der Waals surface area contributed by atoms with Gasteiger partial charge in [0.15, 0.2) is 0 Å². The monoisotopic (exact) mass is 373 g/mol. The van der Waals surface area contributed by atoms with E-state index in [1.165, 1.54) is 30.3 Å². The van der Waals surface area contributed by atoms with Gasteiger partial charge in [0.25, 0.3) is 11.6 Å². The Morgan fingerprint density at radius 1 is 1.16 bits per heavy atom. The Morgan fingerprint density at radius 3 is 2.36 bits per heavy atom. The molecule has 0 aliphatic heterocycles. The number of anilines is 2. The Labute approximate surface area is 144 Å². The molecule has 0 bridgehead atoms. The lowest BCUT2D eigenvalue weighted by molar-refractivity contribution is -0.384. The number of halogens is 4. The first-order valence-corrected chi connectivity index (χ1v) is 7.20. The van der Waals surface area contributed by atoms with Crippen molar-refractivity contribution >= 4 is 34.6 Å². The molecule has 2 aromatic carbocycles. The van der Waals surface area contributed by atoms with Crippen LogP contribution in [-0.4, -0.2) is 23.6 Å². The predicted octanol–water partition coefficient (Wildman–Crippen LogP) is 4.47. The summed E-state index contributed by atoms with van der Waals surface area (Å²) in [6.07, 6.45) is -4.42. The van der Waals surface area contributed by atoms with Crippen molar-refractivity contribution in [2.45, 2.75) is 6.18 Å². The van der Waals surface area contributed by atoms with Crippen molar-refractivity contribution in [1.29, 1.82) is 0 Å². The standard InChI is InChI=1S/C15H11ClF3N3O3/c16-11-7-9(22(24)25)5-6-10(11)14(23)21-13-4-2-1-3-12(13)20-8-15(17,18)19/h1-7,20H,8H2,(H,21,23). The summed E-state index contributed by atoms with van der Waals surface area (Å²) in [5, 5.41) is 15.1. The van der Waals surface area contributed by atoms with Gasteiger partial charge >= 0.3 is 6.18 Å². The summed E-state index contributed by atoms with van der Waals surface area (Å²) in [6.45, 7) is -1.27. The minimum atomic E-state index is -4.42. The molecular formula is C15H11ClF3N3O3. The summed E-state index contributed by atoms with van der Waals surface area (Å²) in [5.41, 5.74) is -0.135. The average molecular weight is 374 g/mol. The van der Waals surface area contributed by atoms with Crippen molar-refractivity contribution in [3.8, 4) is 0 Å². The molecule has 2 rings (SSSR count). The van der Waals surface area contributed by atoms with Crippen LogP contribution in [0.25, 0.3) is 0 Å². The summed E-state index contributed by atoms with van der Waals surface area (Å²) in [4.78, 5) is 22.3. The summed E-state index contributed by atoms with van der Waals surface area (Å²) >= 11 is 5.87. The Balaban J connectivity index is 2.20. The topological polar surface area (TPSA) is 84.3 Å². The van der Waals surface area contributed by atoms with Crippen LogP contribution in [-0.2, 0) is 0 Å². The van der Waals surface area contributed by atoms with Gasteiger partial charge in [-0.15, -0.1) is 0 Å². The first-order chi connectivity index (χ1) is 11.7. The number of benzene rings is 2. The second-order valence-electron chi connectivity index (χ2n) is 4.89.